The van der Waals surface area contributed by atoms with Crippen molar-refractivity contribution >= 4 is 41.4 Å². The molecule has 232 valence electrons. The summed E-state index contributed by atoms with van der Waals surface area (Å²) >= 11 is 3.42. The first-order valence-electron chi connectivity index (χ1n) is 14.9. The van der Waals surface area contributed by atoms with Crippen LogP contribution in [0, 0.1) is 5.92 Å². The molecule has 0 spiro atoms. The second-order valence-electron chi connectivity index (χ2n) is 11.9. The molecule has 3 amide bonds. The number of hydrogen-bond acceptors (Lipinski definition) is 7. The van der Waals surface area contributed by atoms with Crippen molar-refractivity contribution in [3.05, 3.63) is 35.9 Å². The van der Waals surface area contributed by atoms with Crippen LogP contribution < -0.4 is 10.6 Å². The summed E-state index contributed by atoms with van der Waals surface area (Å²) in [6, 6.07) is 10.5. The molecule has 0 radical (unpaired) electrons. The lowest BCUT2D eigenvalue weighted by molar-refractivity contribution is -0.127. The van der Waals surface area contributed by atoms with Crippen LogP contribution in [-0.4, -0.2) is 89.7 Å². The third kappa shape index (κ3) is 15.8. The number of rotatable bonds is 11. The molecule has 2 aliphatic rings. The van der Waals surface area contributed by atoms with Gasteiger partial charge in [0.1, 0.15) is 12.1 Å². The molecule has 1 saturated heterocycles. The maximum absolute atomic E-state index is 12.3. The van der Waals surface area contributed by atoms with Gasteiger partial charge in [-0.05, 0) is 76.2 Å². The van der Waals surface area contributed by atoms with Crippen LogP contribution in [0.2, 0.25) is 0 Å². The van der Waals surface area contributed by atoms with Crippen molar-refractivity contribution in [3.8, 4) is 0 Å². The van der Waals surface area contributed by atoms with E-state index >= 15 is 0 Å². The highest BCUT2D eigenvalue weighted by Crippen LogP contribution is 2.25. The third-order valence-electron chi connectivity index (χ3n) is 7.05. The van der Waals surface area contributed by atoms with Crippen molar-refractivity contribution in [1.29, 1.82) is 0 Å². The minimum Gasteiger partial charge on any atom is -0.444 e. The van der Waals surface area contributed by atoms with Gasteiger partial charge in [-0.25, -0.2) is 4.79 Å². The van der Waals surface area contributed by atoms with Crippen LogP contribution in [0.3, 0.4) is 0 Å². The molecule has 41 heavy (non-hydrogen) atoms. The molecule has 2 N–H and O–H groups in total. The largest absolute Gasteiger partial charge is 0.444 e. The molecule has 1 aliphatic carbocycles. The van der Waals surface area contributed by atoms with E-state index in [1.54, 1.807) is 20.8 Å². The summed E-state index contributed by atoms with van der Waals surface area (Å²) in [6.45, 7) is 7.83. The van der Waals surface area contributed by atoms with E-state index in [9.17, 15) is 14.4 Å². The zero-order chi connectivity index (χ0) is 30.1. The number of thioether (sulfide) groups is 2. The Hall–Kier alpha value is -1.91. The number of nitrogens with zero attached hydrogens (tertiary/aromatic N) is 2. The molecular weight excluding hydrogens is 556 g/mol. The lowest BCUT2D eigenvalue weighted by Crippen LogP contribution is -2.48. The van der Waals surface area contributed by atoms with Crippen LogP contribution in [0.25, 0.3) is 0 Å². The summed E-state index contributed by atoms with van der Waals surface area (Å²) < 4.78 is 5.34. The Morgan fingerprint density at radius 1 is 0.951 bits per heavy atom. The van der Waals surface area contributed by atoms with Gasteiger partial charge in [0.05, 0.1) is 12.4 Å². The monoisotopic (exact) mass is 608 g/mol. The van der Waals surface area contributed by atoms with Crippen molar-refractivity contribution in [2.75, 3.05) is 50.3 Å². The van der Waals surface area contributed by atoms with E-state index in [4.69, 9.17) is 4.74 Å². The summed E-state index contributed by atoms with van der Waals surface area (Å²) in [5, 5.41) is 5.60. The maximum atomic E-state index is 12.3. The summed E-state index contributed by atoms with van der Waals surface area (Å²) in [5.74, 6) is 2.19. The molecule has 1 heterocycles. The Morgan fingerprint density at radius 2 is 1.61 bits per heavy atom. The molecule has 1 saturated carbocycles. The van der Waals surface area contributed by atoms with Crippen molar-refractivity contribution in [2.45, 2.75) is 83.9 Å². The first-order valence-corrected chi connectivity index (χ1v) is 17.7. The van der Waals surface area contributed by atoms with Crippen LogP contribution >= 0.6 is 23.5 Å². The predicted molar refractivity (Wildman–Crippen MR) is 172 cm³/mol. The number of carbonyl (C=O) groups excluding carboxylic acids is 3. The SMILES string of the molecule is CSCC1CCCCC1.CSCN(CC(=O)NCC(=O)NC1CCN(Cc2ccccc2)CC1)C(=O)OC(C)(C)C. The zero-order valence-electron chi connectivity index (χ0n) is 25.8. The van der Waals surface area contributed by atoms with Crippen LogP contribution in [0.1, 0.15) is 71.3 Å². The fourth-order valence-corrected chi connectivity index (χ4v) is 6.31. The van der Waals surface area contributed by atoms with E-state index < -0.39 is 17.6 Å². The van der Waals surface area contributed by atoms with Gasteiger partial charge in [-0.15, -0.1) is 11.8 Å². The van der Waals surface area contributed by atoms with Gasteiger partial charge in [0.15, 0.2) is 0 Å². The van der Waals surface area contributed by atoms with E-state index in [1.807, 2.05) is 36.2 Å². The van der Waals surface area contributed by atoms with Crippen LogP contribution in [0.15, 0.2) is 30.3 Å². The number of piperidine rings is 1. The maximum Gasteiger partial charge on any atom is 0.411 e. The Labute approximate surface area is 256 Å². The first kappa shape index (κ1) is 35.3. The fourth-order valence-electron chi connectivity index (χ4n) is 5.00. The van der Waals surface area contributed by atoms with E-state index in [2.05, 4.69) is 33.9 Å². The molecule has 1 aromatic carbocycles. The van der Waals surface area contributed by atoms with Gasteiger partial charge in [0.25, 0.3) is 0 Å². The topological polar surface area (TPSA) is 91.0 Å². The third-order valence-corrected chi connectivity index (χ3v) is 8.42. The highest BCUT2D eigenvalue weighted by Gasteiger charge is 2.24. The number of benzene rings is 1. The van der Waals surface area contributed by atoms with Gasteiger partial charge in [-0.2, -0.15) is 11.8 Å². The standard InChI is InChI=1S/C23H36N4O4S.C8H16S/c1-23(2,3)31-22(30)27(17-32-4)16-21(29)24-14-20(28)25-19-10-12-26(13-11-19)15-18-8-6-5-7-9-18;1-9-7-8-5-3-2-4-6-8/h5-9,19H,10-17H2,1-4H3,(H,24,29)(H,25,28);8H,2-7H2,1H3. The first-order chi connectivity index (χ1) is 19.6. The average molecular weight is 609 g/mol. The van der Waals surface area contributed by atoms with E-state index in [1.165, 1.54) is 60.1 Å². The van der Waals surface area contributed by atoms with Crippen LogP contribution in [0.5, 0.6) is 0 Å². The highest BCUT2D eigenvalue weighted by atomic mass is 32.2. The molecule has 1 aromatic rings. The minimum absolute atomic E-state index is 0.107. The van der Waals surface area contributed by atoms with Gasteiger partial charge in [0.2, 0.25) is 11.8 Å². The second kappa shape index (κ2) is 19.3. The number of nitrogens with one attached hydrogen (secondary N) is 2. The molecule has 10 heteroatoms. The normalized spacial score (nSPS) is 16.7. The molecule has 0 atom stereocenters. The Bertz CT molecular complexity index is 896. The van der Waals surface area contributed by atoms with Crippen LogP contribution in [-0.2, 0) is 20.9 Å². The summed E-state index contributed by atoms with van der Waals surface area (Å²) in [5.41, 5.74) is 0.653. The average Bonchev–Trinajstić information content (AvgIpc) is 2.93. The van der Waals surface area contributed by atoms with Gasteiger partial charge >= 0.3 is 6.09 Å². The smallest absolute Gasteiger partial charge is 0.411 e. The van der Waals surface area contributed by atoms with Crippen molar-refractivity contribution < 1.29 is 19.1 Å². The molecule has 8 nitrogen and oxygen atoms in total. The number of amides is 3. The number of hydrogen-bond donors (Lipinski definition) is 2. The molecule has 0 aromatic heterocycles. The summed E-state index contributed by atoms with van der Waals surface area (Å²) in [6.07, 6.45) is 12.7. The predicted octanol–water partition coefficient (Wildman–Crippen LogP) is 5.37. The minimum atomic E-state index is -0.638. The number of ether oxygens (including phenoxy) is 1. The van der Waals surface area contributed by atoms with E-state index in [-0.39, 0.29) is 25.0 Å². The van der Waals surface area contributed by atoms with E-state index in [0.29, 0.717) is 5.88 Å². The number of carbonyl (C=O) groups is 3. The molecule has 1 aliphatic heterocycles. The lowest BCUT2D eigenvalue weighted by Gasteiger charge is -2.32. The molecule has 0 bridgehead atoms. The zero-order valence-corrected chi connectivity index (χ0v) is 27.4. The fraction of sp³-hybridized carbons (Fsp3) is 0.710. The lowest BCUT2D eigenvalue weighted by atomic mass is 9.91. The summed E-state index contributed by atoms with van der Waals surface area (Å²) in [4.78, 5) is 40.5. The van der Waals surface area contributed by atoms with Crippen molar-refractivity contribution in [1.82, 2.24) is 20.4 Å². The van der Waals surface area contributed by atoms with Gasteiger partial charge in [-0.3, -0.25) is 19.4 Å². The molecular formula is C31H52N4O4S2. The quantitative estimate of drug-likeness (QED) is 0.327. The Balaban J connectivity index is 0.000000553. The van der Waals surface area contributed by atoms with Crippen molar-refractivity contribution in [2.24, 2.45) is 5.92 Å². The Morgan fingerprint density at radius 3 is 2.20 bits per heavy atom. The molecule has 3 rings (SSSR count). The van der Waals surface area contributed by atoms with Gasteiger partial charge in [-0.1, -0.05) is 49.6 Å². The number of likely N-dealkylation sites (tertiary alicyclic amines) is 1. The van der Waals surface area contributed by atoms with Crippen LogP contribution in [0.4, 0.5) is 4.79 Å². The Kier molecular flexibility index (Phi) is 16.6. The van der Waals surface area contributed by atoms with E-state index in [0.717, 1.165) is 38.4 Å². The molecule has 2 fully saturated rings. The van der Waals surface area contributed by atoms with Crippen molar-refractivity contribution in [3.63, 3.8) is 0 Å². The summed E-state index contributed by atoms with van der Waals surface area (Å²) in [7, 11) is 0. The second-order valence-corrected chi connectivity index (χ2v) is 13.7. The molecule has 0 unspecified atom stereocenters. The van der Waals surface area contributed by atoms with Gasteiger partial charge < -0.3 is 15.4 Å². The highest BCUT2D eigenvalue weighted by molar-refractivity contribution is 7.98. The van der Waals surface area contributed by atoms with Gasteiger partial charge in [0, 0.05) is 25.7 Å².